The normalized spacial score (nSPS) is 14.6. The quantitative estimate of drug-likeness (QED) is 0.654. The fourth-order valence-electron chi connectivity index (χ4n) is 3.72. The van der Waals surface area contributed by atoms with Crippen LogP contribution in [0.5, 0.6) is 5.75 Å². The second-order valence-corrected chi connectivity index (χ2v) is 8.53. The summed E-state index contributed by atoms with van der Waals surface area (Å²) in [4.78, 5) is 29.0. The molecular weight excluding hydrogens is 384 g/mol. The second-order valence-electron chi connectivity index (χ2n) is 7.58. The van der Waals surface area contributed by atoms with Crippen LogP contribution in [-0.2, 0) is 11.2 Å². The van der Waals surface area contributed by atoms with Crippen molar-refractivity contribution in [1.82, 2.24) is 9.80 Å². The molecule has 2 amide bonds. The van der Waals surface area contributed by atoms with Gasteiger partial charge in [-0.3, -0.25) is 9.59 Å². The molecule has 5 nitrogen and oxygen atoms in total. The molecule has 1 aromatic heterocycles. The van der Waals surface area contributed by atoms with Crippen molar-refractivity contribution in [2.24, 2.45) is 5.92 Å². The van der Waals surface area contributed by atoms with E-state index in [-0.39, 0.29) is 18.4 Å². The molecule has 1 saturated heterocycles. The molecule has 3 rings (SSSR count). The first kappa shape index (κ1) is 21.4. The predicted octanol–water partition coefficient (Wildman–Crippen LogP) is 4.09. The highest BCUT2D eigenvalue weighted by molar-refractivity contribution is 7.12. The van der Waals surface area contributed by atoms with Gasteiger partial charge in [-0.2, -0.15) is 0 Å². The van der Waals surface area contributed by atoms with Crippen molar-refractivity contribution in [1.29, 1.82) is 0 Å². The smallest absolute Gasteiger partial charge is 0.264 e. The minimum atomic E-state index is -0.0846. The molecule has 0 atom stereocenters. The van der Waals surface area contributed by atoms with Crippen LogP contribution >= 0.6 is 11.3 Å². The van der Waals surface area contributed by atoms with Crippen molar-refractivity contribution >= 4 is 23.2 Å². The van der Waals surface area contributed by atoms with Crippen LogP contribution in [0.1, 0.15) is 41.4 Å². The lowest BCUT2D eigenvalue weighted by Crippen LogP contribution is -2.44. The van der Waals surface area contributed by atoms with Crippen LogP contribution in [0.3, 0.4) is 0 Å². The molecule has 0 aliphatic carbocycles. The van der Waals surface area contributed by atoms with E-state index in [0.29, 0.717) is 17.4 Å². The molecule has 1 aromatic carbocycles. The number of piperidine rings is 1. The summed E-state index contributed by atoms with van der Waals surface area (Å²) in [5, 5.41) is 1.88. The zero-order chi connectivity index (χ0) is 20.6. The largest absolute Gasteiger partial charge is 0.494 e. The summed E-state index contributed by atoms with van der Waals surface area (Å²) < 4.78 is 5.49. The van der Waals surface area contributed by atoms with E-state index in [4.69, 9.17) is 4.74 Å². The maximum atomic E-state index is 12.6. The summed E-state index contributed by atoms with van der Waals surface area (Å²) in [6, 6.07) is 12.0. The maximum Gasteiger partial charge on any atom is 0.264 e. The Balaban J connectivity index is 1.39. The Hall–Kier alpha value is -2.34. The van der Waals surface area contributed by atoms with E-state index in [9.17, 15) is 9.59 Å². The van der Waals surface area contributed by atoms with E-state index in [0.717, 1.165) is 44.5 Å². The number of rotatable bonds is 8. The molecule has 0 spiro atoms. The first-order valence-electron chi connectivity index (χ1n) is 10.3. The molecule has 1 fully saturated rings. The Morgan fingerprint density at radius 3 is 2.52 bits per heavy atom. The van der Waals surface area contributed by atoms with Crippen molar-refractivity contribution in [3.63, 3.8) is 0 Å². The lowest BCUT2D eigenvalue weighted by Gasteiger charge is -2.33. The maximum absolute atomic E-state index is 12.6. The van der Waals surface area contributed by atoms with E-state index >= 15 is 0 Å². The molecule has 1 aliphatic heterocycles. The number of amides is 2. The highest BCUT2D eigenvalue weighted by Crippen LogP contribution is 2.23. The number of likely N-dealkylation sites (tertiary alicyclic amines) is 1. The minimum absolute atomic E-state index is 0.0439. The number of benzene rings is 1. The third-order valence-corrected chi connectivity index (χ3v) is 6.35. The molecule has 1 aliphatic rings. The summed E-state index contributed by atoms with van der Waals surface area (Å²) in [5.74, 6) is 1.53. The number of hydrogen-bond acceptors (Lipinski definition) is 4. The van der Waals surface area contributed by atoms with Crippen LogP contribution in [0.4, 0.5) is 0 Å². The zero-order valence-corrected chi connectivity index (χ0v) is 18.1. The number of aryl methyl sites for hydroxylation is 1. The third-order valence-electron chi connectivity index (χ3n) is 5.49. The molecule has 6 heteroatoms. The summed E-state index contributed by atoms with van der Waals surface area (Å²) in [7, 11) is 1.70. The summed E-state index contributed by atoms with van der Waals surface area (Å²) in [5.41, 5.74) is 1.33. The zero-order valence-electron chi connectivity index (χ0n) is 17.3. The fourth-order valence-corrected chi connectivity index (χ4v) is 4.44. The minimum Gasteiger partial charge on any atom is -0.494 e. The van der Waals surface area contributed by atoms with Crippen LogP contribution in [0.15, 0.2) is 41.8 Å². The first-order valence-corrected chi connectivity index (χ1v) is 11.2. The number of likely N-dealkylation sites (N-methyl/N-ethyl adjacent to an activating group) is 1. The molecule has 29 heavy (non-hydrogen) atoms. The molecule has 0 N–H and O–H groups in total. The molecule has 0 unspecified atom stereocenters. The van der Waals surface area contributed by atoms with Gasteiger partial charge in [0.25, 0.3) is 5.91 Å². The lowest BCUT2D eigenvalue weighted by molar-refractivity contribution is -0.133. The van der Waals surface area contributed by atoms with Crippen molar-refractivity contribution in [3.8, 4) is 5.75 Å². The van der Waals surface area contributed by atoms with Crippen molar-refractivity contribution in [3.05, 3.63) is 52.2 Å². The lowest BCUT2D eigenvalue weighted by atomic mass is 9.90. The van der Waals surface area contributed by atoms with Gasteiger partial charge >= 0.3 is 0 Å². The van der Waals surface area contributed by atoms with Crippen LogP contribution in [0.25, 0.3) is 0 Å². The molecular formula is C23H30N2O3S. The van der Waals surface area contributed by atoms with Gasteiger partial charge in [-0.25, -0.2) is 0 Å². The van der Waals surface area contributed by atoms with Crippen LogP contribution < -0.4 is 4.74 Å². The summed E-state index contributed by atoms with van der Waals surface area (Å²) in [6.07, 6.45) is 4.27. The van der Waals surface area contributed by atoms with Gasteiger partial charge in [0.1, 0.15) is 5.75 Å². The van der Waals surface area contributed by atoms with E-state index in [1.165, 1.54) is 21.8 Å². The van der Waals surface area contributed by atoms with Gasteiger partial charge in [-0.1, -0.05) is 18.2 Å². The fraction of sp³-hybridized carbons (Fsp3) is 0.478. The number of thiophene rings is 1. The molecule has 2 heterocycles. The number of hydrogen-bond donors (Lipinski definition) is 0. The van der Waals surface area contributed by atoms with Crippen LogP contribution in [0.2, 0.25) is 0 Å². The molecule has 156 valence electrons. The van der Waals surface area contributed by atoms with Crippen molar-refractivity contribution in [2.45, 2.75) is 32.6 Å². The topological polar surface area (TPSA) is 49.9 Å². The SMILES string of the molecule is CCOc1ccc(CCC2CCN(C(=O)CN(C)C(=O)c3cccs3)CC2)cc1. The Labute approximate surface area is 177 Å². The van der Waals surface area contributed by atoms with Gasteiger partial charge < -0.3 is 14.5 Å². The standard InChI is InChI=1S/C23H30N2O3S/c1-3-28-20-10-8-18(9-11-20)6-7-19-12-14-25(15-13-19)22(26)17-24(2)23(27)21-5-4-16-29-21/h4-5,8-11,16,19H,3,6-7,12-15,17H2,1-2H3. The monoisotopic (exact) mass is 414 g/mol. The Bertz CT molecular complexity index is 781. The average Bonchev–Trinajstić information content (AvgIpc) is 3.28. The van der Waals surface area contributed by atoms with Gasteiger partial charge in [0.15, 0.2) is 0 Å². The van der Waals surface area contributed by atoms with Crippen molar-refractivity contribution < 1.29 is 14.3 Å². The van der Waals surface area contributed by atoms with Gasteiger partial charge in [-0.15, -0.1) is 11.3 Å². The number of carbonyl (C=O) groups is 2. The summed E-state index contributed by atoms with van der Waals surface area (Å²) >= 11 is 1.41. The van der Waals surface area contributed by atoms with E-state index in [2.05, 4.69) is 12.1 Å². The molecule has 0 radical (unpaired) electrons. The van der Waals surface area contributed by atoms with E-state index in [1.807, 2.05) is 35.4 Å². The predicted molar refractivity (Wildman–Crippen MR) is 117 cm³/mol. The number of carbonyl (C=O) groups excluding carboxylic acids is 2. The highest BCUT2D eigenvalue weighted by Gasteiger charge is 2.24. The summed E-state index contributed by atoms with van der Waals surface area (Å²) in [6.45, 7) is 4.40. The molecule has 0 bridgehead atoms. The van der Waals surface area contributed by atoms with E-state index < -0.39 is 0 Å². The van der Waals surface area contributed by atoms with Gasteiger partial charge in [0.2, 0.25) is 5.91 Å². The number of nitrogens with zero attached hydrogens (tertiary/aromatic N) is 2. The van der Waals surface area contributed by atoms with Gasteiger partial charge in [-0.05, 0) is 67.7 Å². The first-order chi connectivity index (χ1) is 14.1. The average molecular weight is 415 g/mol. The van der Waals surface area contributed by atoms with Gasteiger partial charge in [0, 0.05) is 20.1 Å². The van der Waals surface area contributed by atoms with Crippen LogP contribution in [0, 0.1) is 5.92 Å². The third kappa shape index (κ3) is 6.07. The van der Waals surface area contributed by atoms with Crippen molar-refractivity contribution in [2.75, 3.05) is 33.3 Å². The second kappa shape index (κ2) is 10.4. The van der Waals surface area contributed by atoms with E-state index in [1.54, 1.807) is 13.1 Å². The molecule has 2 aromatic rings. The van der Waals surface area contributed by atoms with Gasteiger partial charge in [0.05, 0.1) is 18.0 Å². The molecule has 0 saturated carbocycles. The Morgan fingerprint density at radius 2 is 1.90 bits per heavy atom. The van der Waals surface area contributed by atoms with Crippen LogP contribution in [-0.4, -0.2) is 54.9 Å². The number of ether oxygens (including phenoxy) is 1. The Kier molecular flexibility index (Phi) is 7.69. The highest BCUT2D eigenvalue weighted by atomic mass is 32.1. The Morgan fingerprint density at radius 1 is 1.17 bits per heavy atom.